The van der Waals surface area contributed by atoms with Crippen LogP contribution in [0.15, 0.2) is 42.6 Å². The van der Waals surface area contributed by atoms with Gasteiger partial charge >= 0.3 is 0 Å². The number of carbonyl (C=O) groups excluding carboxylic acids is 1. The Morgan fingerprint density at radius 3 is 2.47 bits per heavy atom. The molecule has 1 saturated carbocycles. The van der Waals surface area contributed by atoms with Gasteiger partial charge in [0.2, 0.25) is 10.0 Å². The van der Waals surface area contributed by atoms with Crippen LogP contribution in [0.1, 0.15) is 103 Å². The van der Waals surface area contributed by atoms with Crippen molar-refractivity contribution >= 4 is 38.5 Å². The van der Waals surface area contributed by atoms with Gasteiger partial charge in [-0.15, -0.1) is 0 Å². The van der Waals surface area contributed by atoms with E-state index in [9.17, 15) is 13.2 Å². The van der Waals surface area contributed by atoms with E-state index in [1.165, 1.54) is 24.8 Å². The van der Waals surface area contributed by atoms with Crippen LogP contribution < -0.4 is 9.46 Å². The second-order valence-corrected chi connectivity index (χ2v) is 18.1. The van der Waals surface area contributed by atoms with Gasteiger partial charge in [0.15, 0.2) is 0 Å². The molecule has 2 aromatic heterocycles. The minimum atomic E-state index is -3.82. The molecule has 3 aliphatic heterocycles. The van der Waals surface area contributed by atoms with Crippen molar-refractivity contribution < 1.29 is 27.5 Å². The van der Waals surface area contributed by atoms with Crippen LogP contribution in [0.4, 0.5) is 0 Å². The molecule has 12 nitrogen and oxygen atoms in total. The molecule has 3 fully saturated rings. The standard InChI is InChI=1S/C42H54N6O6S/c1-28(2)55(50,51)44-42(49)30-10-12-37-38(24-30)47-26-32(22-31-23-35(52-4)11-13-36(31)41(47)39(37)29-8-6-5-7-9-29)40-33(27-54-46-18-20-53-21-19-46)25-43-48(40)34-14-16-45(3)17-15-34/h10-13,22-25,28-29,34H,5-9,14-21,26-27H2,1-4H3,(H,44,49). The molecule has 2 saturated heterocycles. The molecule has 0 spiro atoms. The predicted molar refractivity (Wildman–Crippen MR) is 214 cm³/mol. The fraction of sp³-hybridized carbons (Fsp3) is 0.524. The van der Waals surface area contributed by atoms with Crippen LogP contribution in [0.2, 0.25) is 0 Å². The quantitative estimate of drug-likeness (QED) is 0.190. The van der Waals surface area contributed by atoms with Crippen molar-refractivity contribution in [2.24, 2.45) is 0 Å². The molecule has 0 unspecified atom stereocenters. The highest BCUT2D eigenvalue weighted by atomic mass is 32.2. The van der Waals surface area contributed by atoms with Gasteiger partial charge in [0.25, 0.3) is 5.91 Å². The summed E-state index contributed by atoms with van der Waals surface area (Å²) in [7, 11) is 0.0613. The summed E-state index contributed by atoms with van der Waals surface area (Å²) in [6, 6.07) is 12.3. The minimum absolute atomic E-state index is 0.231. The molecule has 13 heteroatoms. The van der Waals surface area contributed by atoms with Crippen molar-refractivity contribution in [2.45, 2.75) is 89.2 Å². The molecule has 4 aromatic rings. The molecule has 55 heavy (non-hydrogen) atoms. The first-order chi connectivity index (χ1) is 26.6. The van der Waals surface area contributed by atoms with E-state index in [2.05, 4.69) is 44.1 Å². The van der Waals surface area contributed by atoms with Gasteiger partial charge in [0, 0.05) is 40.7 Å². The van der Waals surface area contributed by atoms with Crippen molar-refractivity contribution in [1.82, 2.24) is 29.0 Å². The largest absolute Gasteiger partial charge is 0.497 e. The number of amides is 1. The van der Waals surface area contributed by atoms with Crippen LogP contribution in [0.25, 0.3) is 33.8 Å². The van der Waals surface area contributed by atoms with Crippen LogP contribution >= 0.6 is 0 Å². The van der Waals surface area contributed by atoms with Crippen LogP contribution in [-0.4, -0.2) is 97.4 Å². The number of fused-ring (bicyclic) bond motifs is 5. The van der Waals surface area contributed by atoms with E-state index in [-0.39, 0.29) is 6.04 Å². The zero-order valence-corrected chi connectivity index (χ0v) is 33.4. The maximum atomic E-state index is 13.6. The van der Waals surface area contributed by atoms with E-state index in [1.807, 2.05) is 29.5 Å². The Balaban J connectivity index is 1.32. The lowest BCUT2D eigenvalue weighted by molar-refractivity contribution is -0.202. The summed E-state index contributed by atoms with van der Waals surface area (Å²) < 4.78 is 43.9. The summed E-state index contributed by atoms with van der Waals surface area (Å²) in [6.07, 6.45) is 12.0. The third kappa shape index (κ3) is 7.61. The maximum absolute atomic E-state index is 13.6. The Kier molecular flexibility index (Phi) is 10.9. The molecule has 4 aliphatic rings. The van der Waals surface area contributed by atoms with Gasteiger partial charge < -0.3 is 18.9 Å². The van der Waals surface area contributed by atoms with Gasteiger partial charge in [-0.25, -0.2) is 13.1 Å². The zero-order chi connectivity index (χ0) is 38.3. The van der Waals surface area contributed by atoms with E-state index >= 15 is 0 Å². The third-order valence-electron chi connectivity index (χ3n) is 12.0. The molecule has 1 amide bonds. The highest BCUT2D eigenvalue weighted by Gasteiger charge is 2.33. The average Bonchev–Trinajstić information content (AvgIpc) is 3.71. The zero-order valence-electron chi connectivity index (χ0n) is 32.6. The van der Waals surface area contributed by atoms with Gasteiger partial charge in [-0.2, -0.15) is 10.2 Å². The molecule has 1 N–H and O–H groups in total. The number of sulfonamides is 1. The number of benzene rings is 2. The van der Waals surface area contributed by atoms with Gasteiger partial charge in [-0.05, 0) is 119 Å². The van der Waals surface area contributed by atoms with E-state index in [4.69, 9.17) is 19.4 Å². The Labute approximate surface area is 324 Å². The Morgan fingerprint density at radius 1 is 0.982 bits per heavy atom. The summed E-state index contributed by atoms with van der Waals surface area (Å²) >= 11 is 0. The second kappa shape index (κ2) is 15.9. The SMILES string of the molecule is COc1ccc2c(c1)C=C(c1c(CON3CCOCC3)cnn1C1CCN(C)CC1)Cn1c-2c(C2CCCCC2)c2ccc(C(=O)NS(=O)(=O)C(C)C)cc21. The Morgan fingerprint density at radius 2 is 1.75 bits per heavy atom. The summed E-state index contributed by atoms with van der Waals surface area (Å²) in [5, 5.41) is 7.45. The molecule has 0 radical (unpaired) electrons. The Hall–Kier alpha value is -4.01. The van der Waals surface area contributed by atoms with Gasteiger partial charge in [0.1, 0.15) is 5.75 Å². The molecule has 2 aromatic carbocycles. The number of allylic oxidation sites excluding steroid dienone is 1. The number of hydroxylamine groups is 2. The highest BCUT2D eigenvalue weighted by Crippen LogP contribution is 2.48. The van der Waals surface area contributed by atoms with Crippen LogP contribution in [0.5, 0.6) is 5.75 Å². The number of rotatable bonds is 10. The molecule has 0 atom stereocenters. The first kappa shape index (κ1) is 37.9. The monoisotopic (exact) mass is 770 g/mol. The van der Waals surface area contributed by atoms with Crippen molar-refractivity contribution in [3.8, 4) is 17.0 Å². The fourth-order valence-corrected chi connectivity index (χ4v) is 9.45. The number of hydrogen-bond acceptors (Lipinski definition) is 9. The molecule has 1 aliphatic carbocycles. The van der Waals surface area contributed by atoms with Crippen LogP contribution in [0.3, 0.4) is 0 Å². The smallest absolute Gasteiger partial charge is 0.264 e. The van der Waals surface area contributed by atoms with E-state index < -0.39 is 21.2 Å². The molecule has 8 rings (SSSR count). The van der Waals surface area contributed by atoms with E-state index in [1.54, 1.807) is 27.0 Å². The summed E-state index contributed by atoms with van der Waals surface area (Å²) in [6.45, 7) is 8.74. The van der Waals surface area contributed by atoms with Crippen molar-refractivity contribution in [2.75, 3.05) is 53.6 Å². The van der Waals surface area contributed by atoms with Crippen molar-refractivity contribution in [1.29, 1.82) is 0 Å². The van der Waals surface area contributed by atoms with E-state index in [0.29, 0.717) is 50.9 Å². The topological polar surface area (TPSA) is 120 Å². The predicted octanol–water partition coefficient (Wildman–Crippen LogP) is 6.61. The van der Waals surface area contributed by atoms with E-state index in [0.717, 1.165) is 89.1 Å². The molecular formula is C42H54N6O6S. The highest BCUT2D eigenvalue weighted by molar-refractivity contribution is 7.90. The number of nitrogens with one attached hydrogen (secondary N) is 1. The number of morpholine rings is 1. The lowest BCUT2D eigenvalue weighted by atomic mass is 9.81. The number of aromatic nitrogens is 3. The lowest BCUT2D eigenvalue weighted by Gasteiger charge is -2.31. The fourth-order valence-electron chi connectivity index (χ4n) is 8.84. The summed E-state index contributed by atoms with van der Waals surface area (Å²) in [5.74, 6) is 0.512. The summed E-state index contributed by atoms with van der Waals surface area (Å²) in [5.41, 5.74) is 9.02. The maximum Gasteiger partial charge on any atom is 0.264 e. The van der Waals surface area contributed by atoms with Crippen LogP contribution in [-0.2, 0) is 32.7 Å². The molecular weight excluding hydrogens is 717 g/mol. The number of ether oxygens (including phenoxy) is 2. The lowest BCUT2D eigenvalue weighted by Crippen LogP contribution is -2.36. The van der Waals surface area contributed by atoms with Crippen molar-refractivity contribution in [3.05, 3.63) is 70.5 Å². The normalized spacial score (nSPS) is 19.3. The van der Waals surface area contributed by atoms with Gasteiger partial charge in [0.05, 0.1) is 62.4 Å². The second-order valence-electron chi connectivity index (χ2n) is 15.9. The van der Waals surface area contributed by atoms with Crippen LogP contribution in [0, 0.1) is 0 Å². The molecule has 294 valence electrons. The number of piperidine rings is 1. The van der Waals surface area contributed by atoms with Crippen molar-refractivity contribution in [3.63, 3.8) is 0 Å². The van der Waals surface area contributed by atoms with Gasteiger partial charge in [-0.1, -0.05) is 25.3 Å². The molecule has 0 bridgehead atoms. The third-order valence-corrected chi connectivity index (χ3v) is 13.7. The first-order valence-electron chi connectivity index (χ1n) is 19.9. The summed E-state index contributed by atoms with van der Waals surface area (Å²) in [4.78, 5) is 22.4. The number of hydrogen-bond donors (Lipinski definition) is 1. The Bertz CT molecular complexity index is 2190. The number of carbonyl (C=O) groups is 1. The molecule has 5 heterocycles. The average molecular weight is 771 g/mol. The number of methoxy groups -OCH3 is 1. The first-order valence-corrected chi connectivity index (χ1v) is 21.5. The van der Waals surface area contributed by atoms with Gasteiger partial charge in [-0.3, -0.25) is 14.3 Å². The minimum Gasteiger partial charge on any atom is -0.497 e. The number of likely N-dealkylation sites (tertiary alicyclic amines) is 1. The number of nitrogens with zero attached hydrogens (tertiary/aromatic N) is 5.